The molecule has 0 aromatic rings. The number of hydrogen-bond donors (Lipinski definition) is 3. The first-order valence-electron chi connectivity index (χ1n) is 5.69. The number of nitrogens with one attached hydrogen (secondary N) is 1. The first-order chi connectivity index (χ1) is 6.54. The van der Waals surface area contributed by atoms with Crippen LogP contribution in [-0.2, 0) is 0 Å². The topological polar surface area (TPSA) is 52.5 Å². The Morgan fingerprint density at radius 2 is 1.86 bits per heavy atom. The fraction of sp³-hybridized carbons (Fsp3) is 1.00. The van der Waals surface area contributed by atoms with Crippen molar-refractivity contribution in [3.8, 4) is 0 Å². The second-order valence-corrected chi connectivity index (χ2v) is 4.61. The number of hydrogen-bond acceptors (Lipinski definition) is 3. The highest BCUT2D eigenvalue weighted by Crippen LogP contribution is 2.30. The zero-order chi connectivity index (χ0) is 10.7. The molecule has 1 rings (SSSR count). The average molecular weight is 201 g/mol. The van der Waals surface area contributed by atoms with Crippen LogP contribution in [0.5, 0.6) is 0 Å². The maximum atomic E-state index is 9.97. The van der Waals surface area contributed by atoms with Gasteiger partial charge in [0.2, 0.25) is 0 Å². The summed E-state index contributed by atoms with van der Waals surface area (Å²) in [6, 6.07) is 0. The van der Waals surface area contributed by atoms with Crippen molar-refractivity contribution < 1.29 is 10.2 Å². The molecule has 1 aliphatic carbocycles. The summed E-state index contributed by atoms with van der Waals surface area (Å²) in [5.74, 6) is 0. The summed E-state index contributed by atoms with van der Waals surface area (Å²) in [6.45, 7) is 5.18. The van der Waals surface area contributed by atoms with E-state index in [1.54, 1.807) is 0 Å². The zero-order valence-electron chi connectivity index (χ0n) is 9.34. The Balaban J connectivity index is 2.19. The van der Waals surface area contributed by atoms with Gasteiger partial charge in [-0.1, -0.05) is 13.8 Å². The Morgan fingerprint density at radius 3 is 2.21 bits per heavy atom. The molecule has 3 heteroatoms. The van der Waals surface area contributed by atoms with Crippen molar-refractivity contribution in [3.05, 3.63) is 0 Å². The van der Waals surface area contributed by atoms with Crippen molar-refractivity contribution in [1.29, 1.82) is 0 Å². The van der Waals surface area contributed by atoms with E-state index in [1.165, 1.54) is 0 Å². The van der Waals surface area contributed by atoms with Crippen LogP contribution < -0.4 is 5.32 Å². The molecular formula is C11H23NO2. The van der Waals surface area contributed by atoms with Crippen LogP contribution in [0.4, 0.5) is 0 Å². The molecule has 0 aromatic heterocycles. The van der Waals surface area contributed by atoms with Gasteiger partial charge in [-0.25, -0.2) is 0 Å². The minimum atomic E-state index is -0.597. The summed E-state index contributed by atoms with van der Waals surface area (Å²) < 4.78 is 0. The quantitative estimate of drug-likeness (QED) is 0.602. The van der Waals surface area contributed by atoms with Gasteiger partial charge in [0.25, 0.3) is 0 Å². The van der Waals surface area contributed by atoms with Crippen LogP contribution in [0.1, 0.15) is 46.0 Å². The molecule has 3 nitrogen and oxygen atoms in total. The van der Waals surface area contributed by atoms with Crippen molar-refractivity contribution in [2.45, 2.75) is 57.2 Å². The predicted octanol–water partition coefficient (Wildman–Crippen LogP) is 1.04. The van der Waals surface area contributed by atoms with Gasteiger partial charge in [-0.3, -0.25) is 0 Å². The summed E-state index contributed by atoms with van der Waals surface area (Å²) >= 11 is 0. The molecule has 1 saturated carbocycles. The molecule has 0 heterocycles. The van der Waals surface area contributed by atoms with E-state index in [1.807, 2.05) is 13.8 Å². The first kappa shape index (κ1) is 12.0. The lowest BCUT2D eigenvalue weighted by Crippen LogP contribution is -2.50. The van der Waals surface area contributed by atoms with Gasteiger partial charge < -0.3 is 15.5 Å². The first-order valence-corrected chi connectivity index (χ1v) is 5.69. The number of aliphatic hydroxyl groups is 2. The van der Waals surface area contributed by atoms with Crippen LogP contribution in [0, 0.1) is 0 Å². The van der Waals surface area contributed by atoms with E-state index < -0.39 is 11.2 Å². The second kappa shape index (κ2) is 4.60. The van der Waals surface area contributed by atoms with E-state index in [0.29, 0.717) is 13.1 Å². The smallest absolute Gasteiger partial charge is 0.0771 e. The van der Waals surface area contributed by atoms with Gasteiger partial charge in [0.15, 0.2) is 0 Å². The summed E-state index contributed by atoms with van der Waals surface area (Å²) in [7, 11) is 0. The third kappa shape index (κ3) is 2.94. The molecule has 0 amide bonds. The van der Waals surface area contributed by atoms with E-state index in [0.717, 1.165) is 32.1 Å². The monoisotopic (exact) mass is 201 g/mol. The SMILES string of the molecule is CCC(O)(CC)CNCC1(O)CCC1. The fourth-order valence-electron chi connectivity index (χ4n) is 1.79. The normalized spacial score (nSPS) is 20.6. The van der Waals surface area contributed by atoms with Gasteiger partial charge >= 0.3 is 0 Å². The largest absolute Gasteiger partial charge is 0.389 e. The third-order valence-electron chi connectivity index (χ3n) is 3.51. The van der Waals surface area contributed by atoms with Crippen molar-refractivity contribution in [2.75, 3.05) is 13.1 Å². The zero-order valence-corrected chi connectivity index (χ0v) is 9.34. The molecule has 1 aliphatic rings. The summed E-state index contributed by atoms with van der Waals surface area (Å²) in [6.07, 6.45) is 4.45. The molecule has 0 saturated heterocycles. The minimum Gasteiger partial charge on any atom is -0.389 e. The summed E-state index contributed by atoms with van der Waals surface area (Å²) in [4.78, 5) is 0. The molecule has 3 N–H and O–H groups in total. The van der Waals surface area contributed by atoms with Gasteiger partial charge in [0.05, 0.1) is 11.2 Å². The molecule has 0 atom stereocenters. The molecule has 0 aromatic carbocycles. The lowest BCUT2D eigenvalue weighted by molar-refractivity contribution is -0.0384. The summed E-state index contributed by atoms with van der Waals surface area (Å²) in [5, 5.41) is 23.0. The van der Waals surface area contributed by atoms with Crippen molar-refractivity contribution in [2.24, 2.45) is 0 Å². The van der Waals surface area contributed by atoms with Crippen LogP contribution >= 0.6 is 0 Å². The Morgan fingerprint density at radius 1 is 1.29 bits per heavy atom. The second-order valence-electron chi connectivity index (χ2n) is 4.61. The van der Waals surface area contributed by atoms with E-state index in [2.05, 4.69) is 5.32 Å². The lowest BCUT2D eigenvalue weighted by atomic mass is 9.80. The molecule has 0 unspecified atom stereocenters. The molecule has 14 heavy (non-hydrogen) atoms. The third-order valence-corrected chi connectivity index (χ3v) is 3.51. The van der Waals surface area contributed by atoms with Crippen molar-refractivity contribution in [3.63, 3.8) is 0 Å². The highest BCUT2D eigenvalue weighted by Gasteiger charge is 2.34. The van der Waals surface area contributed by atoms with Gasteiger partial charge in [0, 0.05) is 13.1 Å². The molecule has 84 valence electrons. The van der Waals surface area contributed by atoms with Crippen LogP contribution in [0.15, 0.2) is 0 Å². The van der Waals surface area contributed by atoms with E-state index in [4.69, 9.17) is 0 Å². The minimum absolute atomic E-state index is 0.484. The van der Waals surface area contributed by atoms with Crippen LogP contribution in [0.3, 0.4) is 0 Å². The van der Waals surface area contributed by atoms with Gasteiger partial charge in [-0.2, -0.15) is 0 Å². The van der Waals surface area contributed by atoms with Crippen LogP contribution in [-0.4, -0.2) is 34.5 Å². The van der Waals surface area contributed by atoms with Gasteiger partial charge in [0.1, 0.15) is 0 Å². The fourth-order valence-corrected chi connectivity index (χ4v) is 1.79. The number of rotatable bonds is 6. The van der Waals surface area contributed by atoms with Gasteiger partial charge in [-0.05, 0) is 32.1 Å². The Bertz CT molecular complexity index is 174. The Hall–Kier alpha value is -0.120. The molecular weight excluding hydrogens is 178 g/mol. The molecule has 0 radical (unpaired) electrons. The van der Waals surface area contributed by atoms with Gasteiger partial charge in [-0.15, -0.1) is 0 Å². The van der Waals surface area contributed by atoms with E-state index in [9.17, 15) is 10.2 Å². The Kier molecular flexibility index (Phi) is 3.93. The molecule has 0 spiro atoms. The maximum Gasteiger partial charge on any atom is 0.0771 e. The van der Waals surface area contributed by atoms with Crippen molar-refractivity contribution >= 4 is 0 Å². The summed E-state index contributed by atoms with van der Waals surface area (Å²) in [5.41, 5.74) is -1.08. The standard InChI is InChI=1S/C11H23NO2/c1-3-10(13,4-2)8-12-9-11(14)6-5-7-11/h12-14H,3-9H2,1-2H3. The predicted molar refractivity (Wildman–Crippen MR) is 57.2 cm³/mol. The average Bonchev–Trinajstić information content (AvgIpc) is 2.15. The molecule has 0 aliphatic heterocycles. The van der Waals surface area contributed by atoms with Crippen LogP contribution in [0.2, 0.25) is 0 Å². The highest BCUT2D eigenvalue weighted by molar-refractivity contribution is 4.90. The molecule has 0 bridgehead atoms. The van der Waals surface area contributed by atoms with E-state index >= 15 is 0 Å². The Labute approximate surface area is 86.5 Å². The molecule has 1 fully saturated rings. The van der Waals surface area contributed by atoms with Crippen molar-refractivity contribution in [1.82, 2.24) is 5.32 Å². The van der Waals surface area contributed by atoms with E-state index in [-0.39, 0.29) is 0 Å². The lowest BCUT2D eigenvalue weighted by Gasteiger charge is -2.38. The maximum absolute atomic E-state index is 9.97. The van der Waals surface area contributed by atoms with Crippen LogP contribution in [0.25, 0.3) is 0 Å². The highest BCUT2D eigenvalue weighted by atomic mass is 16.3.